The average molecular weight is 393 g/mol. The van der Waals surface area contributed by atoms with Crippen molar-refractivity contribution in [2.75, 3.05) is 19.8 Å². The summed E-state index contributed by atoms with van der Waals surface area (Å²) < 4.78 is 27.1. The summed E-state index contributed by atoms with van der Waals surface area (Å²) >= 11 is 0. The number of hydrogen-bond acceptors (Lipinski definition) is 3. The van der Waals surface area contributed by atoms with Gasteiger partial charge in [0.05, 0.1) is 4.90 Å². The molecule has 3 heterocycles. The van der Waals surface area contributed by atoms with Gasteiger partial charge < -0.3 is 9.47 Å². The number of fused-ring (bicyclic) bond motifs is 3. The van der Waals surface area contributed by atoms with Gasteiger partial charge >= 0.3 is 0 Å². The fourth-order valence-corrected chi connectivity index (χ4v) is 5.83. The fourth-order valence-electron chi connectivity index (χ4n) is 4.90. The first-order chi connectivity index (χ1) is 13.3. The number of likely N-dealkylation sites (N-methyl/N-ethyl adjacent to an activating group) is 1. The van der Waals surface area contributed by atoms with Crippen LogP contribution in [0.2, 0.25) is 0 Å². The van der Waals surface area contributed by atoms with Crippen LogP contribution in [0, 0.1) is 6.92 Å². The van der Waals surface area contributed by atoms with Gasteiger partial charge in [-0.05, 0) is 48.9 Å². The Kier molecular flexibility index (Phi) is 3.83. The van der Waals surface area contributed by atoms with Crippen LogP contribution in [0.1, 0.15) is 28.3 Å². The summed E-state index contributed by atoms with van der Waals surface area (Å²) in [4.78, 5) is 2.78. The molecule has 5 heteroatoms. The number of aromatic nitrogens is 1. The second-order valence-corrected chi connectivity index (χ2v) is 10.2. The van der Waals surface area contributed by atoms with Crippen molar-refractivity contribution < 1.29 is 8.42 Å². The maximum absolute atomic E-state index is 12.4. The van der Waals surface area contributed by atoms with Gasteiger partial charge in [0.15, 0.2) is 9.84 Å². The first-order valence-corrected chi connectivity index (χ1v) is 11.5. The number of rotatable bonds is 2. The normalized spacial score (nSPS) is 19.5. The standard InChI is InChI=1S/C23H24N2O2S/c1-15-8-9-21-19(10-15)20-14-24(2)12-17-11-16(13-25(21)23(17)20)18-6-4-5-7-22(18)28(3,26)27/h4-11,17H,12-14H2,1-3H3. The Hall–Kier alpha value is -2.37. The van der Waals surface area contributed by atoms with Crippen molar-refractivity contribution >= 4 is 26.3 Å². The molecule has 4 nitrogen and oxygen atoms in total. The maximum atomic E-state index is 12.4. The number of aryl methyl sites for hydroxylation is 1. The lowest BCUT2D eigenvalue weighted by atomic mass is 9.89. The van der Waals surface area contributed by atoms with Crippen LogP contribution in [0.5, 0.6) is 0 Å². The van der Waals surface area contributed by atoms with E-state index in [1.165, 1.54) is 34.0 Å². The highest BCUT2D eigenvalue weighted by molar-refractivity contribution is 7.90. The molecule has 0 saturated heterocycles. The van der Waals surface area contributed by atoms with E-state index in [4.69, 9.17) is 0 Å². The van der Waals surface area contributed by atoms with Gasteiger partial charge in [0.25, 0.3) is 0 Å². The third-order valence-corrected chi connectivity index (χ3v) is 7.17. The van der Waals surface area contributed by atoms with Crippen molar-refractivity contribution in [1.29, 1.82) is 0 Å². The largest absolute Gasteiger partial charge is 0.339 e. The van der Waals surface area contributed by atoms with E-state index >= 15 is 0 Å². The number of sulfone groups is 1. The molecule has 2 aromatic carbocycles. The van der Waals surface area contributed by atoms with Crippen molar-refractivity contribution in [2.24, 2.45) is 0 Å². The van der Waals surface area contributed by atoms with E-state index in [1.807, 2.05) is 12.1 Å². The molecule has 1 atom stereocenters. The molecule has 1 aromatic heterocycles. The SMILES string of the molecule is Cc1ccc2c(c1)c1c3n2CC(c2ccccc2S(C)(=O)=O)=CC3CN(C)C1. The smallest absolute Gasteiger partial charge is 0.176 e. The van der Waals surface area contributed by atoms with E-state index in [9.17, 15) is 8.42 Å². The molecule has 0 bridgehead atoms. The lowest BCUT2D eigenvalue weighted by Crippen LogP contribution is -2.32. The minimum Gasteiger partial charge on any atom is -0.339 e. The zero-order chi connectivity index (χ0) is 19.6. The summed E-state index contributed by atoms with van der Waals surface area (Å²) in [6.07, 6.45) is 3.59. The molecule has 144 valence electrons. The van der Waals surface area contributed by atoms with E-state index in [0.717, 1.165) is 24.2 Å². The summed E-state index contributed by atoms with van der Waals surface area (Å²) in [5.41, 5.74) is 7.27. The van der Waals surface area contributed by atoms with E-state index < -0.39 is 9.84 Å². The average Bonchev–Trinajstić information content (AvgIpc) is 2.95. The molecule has 0 N–H and O–H groups in total. The molecule has 1 unspecified atom stereocenters. The molecular weight excluding hydrogens is 368 g/mol. The number of allylic oxidation sites excluding steroid dienone is 1. The lowest BCUT2D eigenvalue weighted by Gasteiger charge is -2.34. The van der Waals surface area contributed by atoms with Crippen molar-refractivity contribution in [3.63, 3.8) is 0 Å². The molecule has 0 saturated carbocycles. The van der Waals surface area contributed by atoms with Gasteiger partial charge in [0, 0.05) is 48.4 Å². The van der Waals surface area contributed by atoms with Gasteiger partial charge in [0.2, 0.25) is 0 Å². The number of hydrogen-bond donors (Lipinski definition) is 0. The zero-order valence-electron chi connectivity index (χ0n) is 16.4. The first kappa shape index (κ1) is 17.7. The zero-order valence-corrected chi connectivity index (χ0v) is 17.3. The molecule has 0 aliphatic carbocycles. The van der Waals surface area contributed by atoms with Crippen LogP contribution in [0.3, 0.4) is 0 Å². The third kappa shape index (κ3) is 2.65. The van der Waals surface area contributed by atoms with Gasteiger partial charge in [-0.15, -0.1) is 0 Å². The second-order valence-electron chi connectivity index (χ2n) is 8.23. The molecule has 5 rings (SSSR count). The van der Waals surface area contributed by atoms with Crippen LogP contribution in [0.4, 0.5) is 0 Å². The molecule has 2 aliphatic rings. The van der Waals surface area contributed by atoms with Crippen molar-refractivity contribution in [3.05, 3.63) is 70.9 Å². The fraction of sp³-hybridized carbons (Fsp3) is 0.304. The van der Waals surface area contributed by atoms with Crippen LogP contribution >= 0.6 is 0 Å². The summed E-state index contributed by atoms with van der Waals surface area (Å²) in [5.74, 6) is 0.276. The molecule has 2 aliphatic heterocycles. The van der Waals surface area contributed by atoms with Crippen LogP contribution < -0.4 is 0 Å². The Bertz CT molecular complexity index is 1250. The topological polar surface area (TPSA) is 42.3 Å². The summed E-state index contributed by atoms with van der Waals surface area (Å²) in [5, 5.41) is 1.33. The predicted molar refractivity (Wildman–Crippen MR) is 113 cm³/mol. The Balaban J connectivity index is 1.74. The van der Waals surface area contributed by atoms with Gasteiger partial charge in [-0.2, -0.15) is 0 Å². The van der Waals surface area contributed by atoms with Gasteiger partial charge in [0.1, 0.15) is 0 Å². The highest BCUT2D eigenvalue weighted by atomic mass is 32.2. The van der Waals surface area contributed by atoms with Crippen LogP contribution in [-0.2, 0) is 22.9 Å². The highest BCUT2D eigenvalue weighted by Gasteiger charge is 2.33. The van der Waals surface area contributed by atoms with Crippen molar-refractivity contribution in [1.82, 2.24) is 9.47 Å². The summed E-state index contributed by atoms with van der Waals surface area (Å²) in [7, 11) is -1.12. The lowest BCUT2D eigenvalue weighted by molar-refractivity contribution is 0.292. The Labute approximate surface area is 166 Å². The maximum Gasteiger partial charge on any atom is 0.176 e. The molecule has 0 radical (unpaired) electrons. The minimum absolute atomic E-state index is 0.276. The van der Waals surface area contributed by atoms with Gasteiger partial charge in [-0.1, -0.05) is 35.9 Å². The van der Waals surface area contributed by atoms with Gasteiger partial charge in [-0.3, -0.25) is 0 Å². The Morgan fingerprint density at radius 2 is 1.86 bits per heavy atom. The number of benzene rings is 2. The van der Waals surface area contributed by atoms with Crippen molar-refractivity contribution in [3.8, 4) is 0 Å². The van der Waals surface area contributed by atoms with E-state index in [1.54, 1.807) is 12.1 Å². The van der Waals surface area contributed by atoms with Gasteiger partial charge in [-0.25, -0.2) is 8.42 Å². The summed E-state index contributed by atoms with van der Waals surface area (Å²) in [6.45, 7) is 4.76. The summed E-state index contributed by atoms with van der Waals surface area (Å²) in [6, 6.07) is 14.1. The van der Waals surface area contributed by atoms with E-state index in [-0.39, 0.29) is 5.92 Å². The predicted octanol–water partition coefficient (Wildman–Crippen LogP) is 3.98. The highest BCUT2D eigenvalue weighted by Crippen LogP contribution is 2.42. The van der Waals surface area contributed by atoms with Crippen LogP contribution in [-0.4, -0.2) is 37.7 Å². The van der Waals surface area contributed by atoms with E-state index in [2.05, 4.69) is 47.7 Å². The van der Waals surface area contributed by atoms with E-state index in [0.29, 0.717) is 11.4 Å². The molecular formula is C23H24N2O2S. The Morgan fingerprint density at radius 1 is 1.07 bits per heavy atom. The first-order valence-electron chi connectivity index (χ1n) is 9.63. The van der Waals surface area contributed by atoms with Crippen LogP contribution in [0.25, 0.3) is 16.5 Å². The molecule has 0 amide bonds. The molecule has 0 fully saturated rings. The second kappa shape index (κ2) is 6.06. The monoisotopic (exact) mass is 392 g/mol. The van der Waals surface area contributed by atoms with Crippen molar-refractivity contribution in [2.45, 2.75) is 30.8 Å². The minimum atomic E-state index is -3.28. The third-order valence-electron chi connectivity index (χ3n) is 6.02. The number of nitrogens with zero attached hydrogens (tertiary/aromatic N) is 2. The molecule has 28 heavy (non-hydrogen) atoms. The molecule has 3 aromatic rings. The Morgan fingerprint density at radius 3 is 2.64 bits per heavy atom. The van der Waals surface area contributed by atoms with Crippen LogP contribution in [0.15, 0.2) is 53.4 Å². The quantitative estimate of drug-likeness (QED) is 0.662. The molecule has 0 spiro atoms.